The van der Waals surface area contributed by atoms with Gasteiger partial charge >= 0.3 is 0 Å². The first-order valence-electron chi connectivity index (χ1n) is 8.77. The van der Waals surface area contributed by atoms with Crippen molar-refractivity contribution in [3.63, 3.8) is 0 Å². The minimum Gasteiger partial charge on any atom is -0.339 e. The molecule has 1 aliphatic rings. The van der Waals surface area contributed by atoms with Gasteiger partial charge in [-0.1, -0.05) is 30.3 Å². The van der Waals surface area contributed by atoms with Gasteiger partial charge in [-0.3, -0.25) is 9.59 Å². The van der Waals surface area contributed by atoms with Crippen molar-refractivity contribution in [2.45, 2.75) is 26.7 Å². The summed E-state index contributed by atoms with van der Waals surface area (Å²) in [5, 5.41) is 2.96. The average molecular weight is 336 g/mol. The van der Waals surface area contributed by atoms with Gasteiger partial charge in [-0.2, -0.15) is 0 Å². The van der Waals surface area contributed by atoms with E-state index >= 15 is 0 Å². The van der Waals surface area contributed by atoms with E-state index in [1.807, 2.05) is 67.3 Å². The normalized spacial score (nSPS) is 15.0. The van der Waals surface area contributed by atoms with Crippen molar-refractivity contribution < 1.29 is 9.59 Å². The molecular formula is C21H24N2O2. The molecule has 25 heavy (non-hydrogen) atoms. The maximum absolute atomic E-state index is 12.8. The fraction of sp³-hybridized carbons (Fsp3) is 0.333. The Morgan fingerprint density at radius 3 is 2.32 bits per heavy atom. The number of hydrogen-bond donors (Lipinski definition) is 1. The maximum atomic E-state index is 12.8. The van der Waals surface area contributed by atoms with Crippen molar-refractivity contribution in [2.75, 3.05) is 18.4 Å². The molecule has 3 rings (SSSR count). The number of aryl methyl sites for hydroxylation is 1. The van der Waals surface area contributed by atoms with Crippen LogP contribution in [0.15, 0.2) is 48.5 Å². The van der Waals surface area contributed by atoms with E-state index in [2.05, 4.69) is 5.32 Å². The number of likely N-dealkylation sites (tertiary alicyclic amines) is 1. The minimum absolute atomic E-state index is 0.0390. The van der Waals surface area contributed by atoms with Crippen molar-refractivity contribution >= 4 is 17.5 Å². The fourth-order valence-corrected chi connectivity index (χ4v) is 3.26. The molecule has 0 aliphatic carbocycles. The molecule has 130 valence electrons. The Morgan fingerprint density at radius 2 is 1.64 bits per heavy atom. The second-order valence-corrected chi connectivity index (χ2v) is 6.67. The van der Waals surface area contributed by atoms with E-state index in [1.54, 1.807) is 0 Å². The van der Waals surface area contributed by atoms with Crippen LogP contribution in [0.4, 0.5) is 5.69 Å². The van der Waals surface area contributed by atoms with E-state index in [1.165, 1.54) is 0 Å². The highest BCUT2D eigenvalue weighted by molar-refractivity contribution is 5.96. The molecule has 0 radical (unpaired) electrons. The fourth-order valence-electron chi connectivity index (χ4n) is 3.26. The number of carbonyl (C=O) groups excluding carboxylic acids is 2. The van der Waals surface area contributed by atoms with Gasteiger partial charge in [0.1, 0.15) is 0 Å². The van der Waals surface area contributed by atoms with Crippen LogP contribution in [0.25, 0.3) is 0 Å². The summed E-state index contributed by atoms with van der Waals surface area (Å²) in [6, 6.07) is 15.3. The van der Waals surface area contributed by atoms with E-state index in [0.717, 1.165) is 22.4 Å². The Balaban J connectivity index is 1.59. The van der Waals surface area contributed by atoms with Gasteiger partial charge < -0.3 is 10.2 Å². The summed E-state index contributed by atoms with van der Waals surface area (Å²) in [5.74, 6) is 0.0796. The van der Waals surface area contributed by atoms with E-state index in [0.29, 0.717) is 25.9 Å². The molecule has 0 spiro atoms. The summed E-state index contributed by atoms with van der Waals surface area (Å²) in [7, 11) is 0. The van der Waals surface area contributed by atoms with Gasteiger partial charge in [-0.15, -0.1) is 0 Å². The minimum atomic E-state index is -0.0390. The number of nitrogens with one attached hydrogen (secondary N) is 1. The van der Waals surface area contributed by atoms with Crippen molar-refractivity contribution in [3.05, 3.63) is 65.2 Å². The SMILES string of the molecule is Cc1cccc(C(=O)N2CCC(C(=O)Nc3ccccc3)CC2)c1C. The summed E-state index contributed by atoms with van der Waals surface area (Å²) in [6.45, 7) is 5.26. The third kappa shape index (κ3) is 3.90. The zero-order valence-electron chi connectivity index (χ0n) is 14.8. The lowest BCUT2D eigenvalue weighted by Crippen LogP contribution is -2.41. The van der Waals surface area contributed by atoms with Crippen LogP contribution in [0.3, 0.4) is 0 Å². The largest absolute Gasteiger partial charge is 0.339 e. The van der Waals surface area contributed by atoms with Crippen LogP contribution < -0.4 is 5.32 Å². The predicted octanol–water partition coefficient (Wildman–Crippen LogP) is 3.79. The highest BCUT2D eigenvalue weighted by Crippen LogP contribution is 2.22. The molecule has 0 aromatic heterocycles. The number of anilines is 1. The van der Waals surface area contributed by atoms with Crippen molar-refractivity contribution in [1.29, 1.82) is 0 Å². The van der Waals surface area contributed by atoms with Gasteiger partial charge in [0, 0.05) is 30.3 Å². The Labute approximate surface area is 148 Å². The first-order valence-corrected chi connectivity index (χ1v) is 8.77. The Morgan fingerprint density at radius 1 is 0.960 bits per heavy atom. The highest BCUT2D eigenvalue weighted by Gasteiger charge is 2.28. The number of para-hydroxylation sites is 1. The van der Waals surface area contributed by atoms with E-state index in [9.17, 15) is 9.59 Å². The Bertz CT molecular complexity index is 763. The average Bonchev–Trinajstić information content (AvgIpc) is 2.64. The maximum Gasteiger partial charge on any atom is 0.254 e. The second-order valence-electron chi connectivity index (χ2n) is 6.67. The molecule has 0 atom stereocenters. The molecule has 1 aliphatic heterocycles. The number of rotatable bonds is 3. The molecule has 2 aromatic carbocycles. The van der Waals surface area contributed by atoms with Crippen molar-refractivity contribution in [3.8, 4) is 0 Å². The number of benzene rings is 2. The predicted molar refractivity (Wildman–Crippen MR) is 99.6 cm³/mol. The van der Waals surface area contributed by atoms with Crippen LogP contribution in [0.5, 0.6) is 0 Å². The van der Waals surface area contributed by atoms with Gasteiger partial charge in [0.15, 0.2) is 0 Å². The summed E-state index contributed by atoms with van der Waals surface area (Å²) >= 11 is 0. The van der Waals surface area contributed by atoms with Gasteiger partial charge in [0.05, 0.1) is 0 Å². The molecule has 1 fully saturated rings. The first kappa shape index (κ1) is 17.2. The van der Waals surface area contributed by atoms with Gasteiger partial charge in [0.25, 0.3) is 5.91 Å². The van der Waals surface area contributed by atoms with Gasteiger partial charge in [-0.25, -0.2) is 0 Å². The smallest absolute Gasteiger partial charge is 0.254 e. The third-order valence-electron chi connectivity index (χ3n) is 5.03. The summed E-state index contributed by atoms with van der Waals surface area (Å²) in [5.41, 5.74) is 3.76. The zero-order valence-corrected chi connectivity index (χ0v) is 14.8. The van der Waals surface area contributed by atoms with Gasteiger partial charge in [-0.05, 0) is 56.0 Å². The van der Waals surface area contributed by atoms with Crippen LogP contribution in [-0.2, 0) is 4.79 Å². The van der Waals surface area contributed by atoms with Crippen LogP contribution >= 0.6 is 0 Å². The quantitative estimate of drug-likeness (QED) is 0.927. The molecule has 0 unspecified atom stereocenters. The van der Waals surface area contributed by atoms with Crippen LogP contribution in [0, 0.1) is 19.8 Å². The highest BCUT2D eigenvalue weighted by atomic mass is 16.2. The van der Waals surface area contributed by atoms with E-state index in [4.69, 9.17) is 0 Å². The van der Waals surface area contributed by atoms with Crippen LogP contribution in [0.2, 0.25) is 0 Å². The van der Waals surface area contributed by atoms with Crippen molar-refractivity contribution in [1.82, 2.24) is 4.90 Å². The molecule has 4 heteroatoms. The number of hydrogen-bond acceptors (Lipinski definition) is 2. The first-order chi connectivity index (χ1) is 12.1. The molecule has 0 saturated carbocycles. The lowest BCUT2D eigenvalue weighted by Gasteiger charge is -2.32. The number of carbonyl (C=O) groups is 2. The Kier molecular flexibility index (Phi) is 5.17. The third-order valence-corrected chi connectivity index (χ3v) is 5.03. The lowest BCUT2D eigenvalue weighted by atomic mass is 9.94. The summed E-state index contributed by atoms with van der Waals surface area (Å²) in [6.07, 6.45) is 1.41. The summed E-state index contributed by atoms with van der Waals surface area (Å²) in [4.78, 5) is 27.0. The number of amides is 2. The lowest BCUT2D eigenvalue weighted by molar-refractivity contribution is -0.121. The van der Waals surface area contributed by atoms with Crippen LogP contribution in [0.1, 0.15) is 34.3 Å². The standard InChI is InChI=1S/C21H24N2O2/c1-15-7-6-10-19(16(15)2)21(25)23-13-11-17(12-14-23)20(24)22-18-8-4-3-5-9-18/h3-10,17H,11-14H2,1-2H3,(H,22,24). The monoisotopic (exact) mass is 336 g/mol. The van der Waals surface area contributed by atoms with Gasteiger partial charge in [0.2, 0.25) is 5.91 Å². The number of nitrogens with zero attached hydrogens (tertiary/aromatic N) is 1. The molecule has 1 saturated heterocycles. The molecular weight excluding hydrogens is 312 g/mol. The molecule has 2 amide bonds. The second kappa shape index (κ2) is 7.51. The summed E-state index contributed by atoms with van der Waals surface area (Å²) < 4.78 is 0. The van der Waals surface area contributed by atoms with E-state index < -0.39 is 0 Å². The molecule has 1 N–H and O–H groups in total. The van der Waals surface area contributed by atoms with Crippen LogP contribution in [-0.4, -0.2) is 29.8 Å². The molecule has 2 aromatic rings. The molecule has 4 nitrogen and oxygen atoms in total. The number of piperidine rings is 1. The molecule has 0 bridgehead atoms. The zero-order chi connectivity index (χ0) is 17.8. The molecule has 1 heterocycles. The van der Waals surface area contributed by atoms with Crippen molar-refractivity contribution in [2.24, 2.45) is 5.92 Å². The van der Waals surface area contributed by atoms with E-state index in [-0.39, 0.29) is 17.7 Å². The Hall–Kier alpha value is -2.62. The topological polar surface area (TPSA) is 49.4 Å².